The van der Waals surface area contributed by atoms with Crippen LogP contribution in [0.1, 0.15) is 0 Å². The van der Waals surface area contributed by atoms with Crippen molar-refractivity contribution in [3.8, 4) is 34.3 Å². The highest BCUT2D eigenvalue weighted by atomic mass is 16.7. The lowest BCUT2D eigenvalue weighted by Gasteiger charge is -2.39. The van der Waals surface area contributed by atoms with E-state index in [2.05, 4.69) is 0 Å². The topological polar surface area (TPSA) is 269 Å². The summed E-state index contributed by atoms with van der Waals surface area (Å²) in [4.78, 5) is 13.7. The zero-order valence-corrected chi connectivity index (χ0v) is 22.1. The van der Waals surface area contributed by atoms with Gasteiger partial charge in [-0.25, -0.2) is 0 Å². The Morgan fingerprint density at radius 1 is 0.698 bits per heavy atom. The van der Waals surface area contributed by atoms with E-state index in [1.165, 1.54) is 24.3 Å². The Hall–Kier alpha value is -3.55. The summed E-state index contributed by atoms with van der Waals surface area (Å²) in [6, 6.07) is 7.35. The van der Waals surface area contributed by atoms with Gasteiger partial charge in [0.2, 0.25) is 23.8 Å². The number of rotatable bonds is 7. The van der Waals surface area contributed by atoms with Gasteiger partial charge in [-0.1, -0.05) is 0 Å². The lowest BCUT2D eigenvalue weighted by Crippen LogP contribution is -2.60. The normalized spacial score (nSPS) is 32.9. The van der Waals surface area contributed by atoms with Crippen LogP contribution in [0.3, 0.4) is 0 Å². The average Bonchev–Trinajstić information content (AvgIpc) is 2.98. The minimum absolute atomic E-state index is 0.129. The van der Waals surface area contributed by atoms with E-state index in [1.54, 1.807) is 0 Å². The van der Waals surface area contributed by atoms with Crippen LogP contribution in [0, 0.1) is 0 Å². The van der Waals surface area contributed by atoms with Gasteiger partial charge in [-0.2, -0.15) is 0 Å². The molecule has 0 aliphatic carbocycles. The Morgan fingerprint density at radius 3 is 1.77 bits per heavy atom. The predicted octanol–water partition coefficient (Wildman–Crippen LogP) is -2.77. The van der Waals surface area contributed by atoms with Gasteiger partial charge in [0.1, 0.15) is 77.0 Å². The maximum absolute atomic E-state index is 13.7. The molecule has 10 N–H and O–H groups in total. The molecule has 2 aromatic carbocycles. The van der Waals surface area contributed by atoms with Crippen molar-refractivity contribution in [2.75, 3.05) is 13.2 Å². The number of hydrogen-bond donors (Lipinski definition) is 10. The van der Waals surface area contributed by atoms with Crippen molar-refractivity contribution in [3.05, 3.63) is 46.6 Å². The van der Waals surface area contributed by atoms with Crippen LogP contribution in [0.4, 0.5) is 0 Å². The second-order valence-electron chi connectivity index (χ2n) is 10.1. The maximum Gasteiger partial charge on any atom is 0.239 e. The van der Waals surface area contributed by atoms with Gasteiger partial charge in [0.15, 0.2) is 5.76 Å². The SMILES string of the molecule is O=c1c(O[C@H]2O[C@H](CO)[C@H](O)[C@H](O)[C@H]2O)c(-c2ccc(O)cc2)oc2cc(O[C@H]3O[C@H](CO)[C@@H](O)[C@H](O)[C@@H]3O)cc(O)c12. The van der Waals surface area contributed by atoms with E-state index in [9.17, 15) is 55.9 Å². The lowest BCUT2D eigenvalue weighted by molar-refractivity contribution is -0.277. The fourth-order valence-corrected chi connectivity index (χ4v) is 4.82. The number of phenols is 2. The Balaban J connectivity index is 1.58. The summed E-state index contributed by atoms with van der Waals surface area (Å²) in [5.41, 5.74) is -1.11. The Labute approximate surface area is 241 Å². The molecule has 0 bridgehead atoms. The van der Waals surface area contributed by atoms with Crippen molar-refractivity contribution in [1.29, 1.82) is 0 Å². The molecule has 0 spiro atoms. The van der Waals surface area contributed by atoms with Crippen LogP contribution in [0.2, 0.25) is 0 Å². The molecule has 3 aromatic rings. The average molecular weight is 611 g/mol. The zero-order valence-electron chi connectivity index (χ0n) is 22.1. The molecule has 16 nitrogen and oxygen atoms in total. The largest absolute Gasteiger partial charge is 0.508 e. The molecule has 0 saturated carbocycles. The van der Waals surface area contributed by atoms with Crippen LogP contribution in [0.15, 0.2) is 45.6 Å². The maximum atomic E-state index is 13.7. The summed E-state index contributed by atoms with van der Waals surface area (Å²) in [6.45, 7) is -1.48. The molecule has 2 saturated heterocycles. The molecule has 2 aliphatic rings. The second kappa shape index (κ2) is 12.2. The molecular formula is C27H30O16. The number of benzene rings is 2. The first-order chi connectivity index (χ1) is 20.4. The first-order valence-corrected chi connectivity index (χ1v) is 13.0. The monoisotopic (exact) mass is 610 g/mol. The summed E-state index contributed by atoms with van der Waals surface area (Å²) in [6.07, 6.45) is -16.6. The third kappa shape index (κ3) is 5.73. The Morgan fingerprint density at radius 2 is 1.23 bits per heavy atom. The molecule has 0 radical (unpaired) electrons. The molecule has 2 aliphatic heterocycles. The molecule has 0 unspecified atom stereocenters. The van der Waals surface area contributed by atoms with Gasteiger partial charge in [-0.3, -0.25) is 4.79 Å². The number of ether oxygens (including phenoxy) is 4. The van der Waals surface area contributed by atoms with Gasteiger partial charge in [0, 0.05) is 17.7 Å². The van der Waals surface area contributed by atoms with Gasteiger partial charge in [-0.05, 0) is 24.3 Å². The Kier molecular flexibility index (Phi) is 8.77. The highest BCUT2D eigenvalue weighted by molar-refractivity contribution is 5.88. The van der Waals surface area contributed by atoms with Crippen molar-refractivity contribution in [1.82, 2.24) is 0 Å². The van der Waals surface area contributed by atoms with E-state index in [4.69, 9.17) is 23.4 Å². The summed E-state index contributed by atoms with van der Waals surface area (Å²) in [7, 11) is 0. The van der Waals surface area contributed by atoms with Crippen LogP contribution in [0.5, 0.6) is 23.0 Å². The van der Waals surface area contributed by atoms with E-state index in [0.717, 1.165) is 12.1 Å². The predicted molar refractivity (Wildman–Crippen MR) is 140 cm³/mol. The third-order valence-corrected chi connectivity index (χ3v) is 7.22. The van der Waals surface area contributed by atoms with Gasteiger partial charge in [0.05, 0.1) is 13.2 Å². The van der Waals surface area contributed by atoms with E-state index < -0.39 is 96.9 Å². The number of fused-ring (bicyclic) bond motifs is 1. The van der Waals surface area contributed by atoms with Crippen molar-refractivity contribution in [2.45, 2.75) is 61.4 Å². The molecule has 3 heterocycles. The molecule has 5 rings (SSSR count). The van der Waals surface area contributed by atoms with Gasteiger partial charge in [0.25, 0.3) is 0 Å². The number of aliphatic hydroxyl groups excluding tert-OH is 8. The second-order valence-corrected chi connectivity index (χ2v) is 10.1. The molecule has 43 heavy (non-hydrogen) atoms. The molecule has 2 fully saturated rings. The van der Waals surface area contributed by atoms with E-state index in [-0.39, 0.29) is 28.4 Å². The number of aliphatic hydroxyl groups is 8. The quantitative estimate of drug-likeness (QED) is 0.130. The summed E-state index contributed by atoms with van der Waals surface area (Å²) in [5, 5.41) is 100. The minimum Gasteiger partial charge on any atom is -0.508 e. The smallest absolute Gasteiger partial charge is 0.239 e. The third-order valence-electron chi connectivity index (χ3n) is 7.22. The first-order valence-electron chi connectivity index (χ1n) is 13.0. The van der Waals surface area contributed by atoms with Crippen LogP contribution in [-0.4, -0.2) is 126 Å². The highest BCUT2D eigenvalue weighted by Crippen LogP contribution is 2.38. The first kappa shape index (κ1) is 30.9. The number of hydrogen-bond acceptors (Lipinski definition) is 16. The van der Waals surface area contributed by atoms with Crippen molar-refractivity contribution in [2.24, 2.45) is 0 Å². The van der Waals surface area contributed by atoms with Crippen LogP contribution >= 0.6 is 0 Å². The molecule has 16 heteroatoms. The van der Waals surface area contributed by atoms with Gasteiger partial charge < -0.3 is 74.4 Å². The lowest BCUT2D eigenvalue weighted by atomic mass is 9.99. The standard InChI is InChI=1S/C27H30O16/c28-7-14-17(32)20(35)22(37)26(41-14)39-11-5-12(31)16-13(6-11)40-24(9-1-3-10(30)4-2-9)25(19(16)34)43-27-23(38)21(36)18(33)15(8-29)42-27/h1-6,14-15,17-18,20-23,26-33,35-38H,7-8H2/t14-,15-,17-,18+,20+,21+,22+,23-,26+,27-/m1/s1. The molecular weight excluding hydrogens is 580 g/mol. The van der Waals surface area contributed by atoms with Crippen LogP contribution in [-0.2, 0) is 9.47 Å². The number of phenolic OH excluding ortho intramolecular Hbond substituents is 2. The fraction of sp³-hybridized carbons (Fsp3) is 0.444. The van der Waals surface area contributed by atoms with E-state index >= 15 is 0 Å². The van der Waals surface area contributed by atoms with Crippen molar-refractivity contribution >= 4 is 11.0 Å². The van der Waals surface area contributed by atoms with Gasteiger partial charge >= 0.3 is 0 Å². The van der Waals surface area contributed by atoms with Gasteiger partial charge in [-0.15, -0.1) is 0 Å². The summed E-state index contributed by atoms with van der Waals surface area (Å²) >= 11 is 0. The molecule has 0 amide bonds. The zero-order chi connectivity index (χ0) is 31.2. The summed E-state index contributed by atoms with van der Waals surface area (Å²) in [5.74, 6) is -1.96. The number of aromatic hydroxyl groups is 2. The van der Waals surface area contributed by atoms with E-state index in [1.807, 2.05) is 0 Å². The molecule has 10 atom stereocenters. The summed E-state index contributed by atoms with van der Waals surface area (Å²) < 4.78 is 27.8. The van der Waals surface area contributed by atoms with Crippen molar-refractivity contribution < 1.29 is 74.4 Å². The van der Waals surface area contributed by atoms with Crippen LogP contribution < -0.4 is 14.9 Å². The minimum atomic E-state index is -1.89. The molecule has 234 valence electrons. The molecule has 1 aromatic heterocycles. The van der Waals surface area contributed by atoms with Crippen LogP contribution in [0.25, 0.3) is 22.3 Å². The Bertz CT molecular complexity index is 1490. The van der Waals surface area contributed by atoms with Crippen molar-refractivity contribution in [3.63, 3.8) is 0 Å². The van der Waals surface area contributed by atoms with E-state index in [0.29, 0.717) is 0 Å². The highest BCUT2D eigenvalue weighted by Gasteiger charge is 2.46. The fourth-order valence-electron chi connectivity index (χ4n) is 4.82.